The Labute approximate surface area is 606 Å². The van der Waals surface area contributed by atoms with Gasteiger partial charge in [0.05, 0.1) is 27.6 Å². The molecule has 22 heteroatoms. The second kappa shape index (κ2) is 35.5. The third-order valence-electron chi connectivity index (χ3n) is 22.0. The van der Waals surface area contributed by atoms with E-state index in [1.54, 1.807) is 65.6 Å². The number of fused-ring (bicyclic) bond motifs is 5. The Morgan fingerprint density at radius 3 is 0.777 bits per heavy atom. The lowest BCUT2D eigenvalue weighted by molar-refractivity contribution is 0.100. The van der Waals surface area contributed by atoms with Crippen LogP contribution in [-0.2, 0) is 32.7 Å². The van der Waals surface area contributed by atoms with Crippen LogP contribution in [0.3, 0.4) is 0 Å². The van der Waals surface area contributed by atoms with Crippen LogP contribution in [0.15, 0.2) is 61.3 Å². The highest BCUT2D eigenvalue weighted by atomic mass is 16.1. The summed E-state index contributed by atoms with van der Waals surface area (Å²) in [5.74, 6) is 8.57. The molecule has 5 fully saturated rings. The second-order valence-corrected chi connectivity index (χ2v) is 29.8. The van der Waals surface area contributed by atoms with E-state index in [9.17, 15) is 24.0 Å². The van der Waals surface area contributed by atoms with Crippen LogP contribution in [0.25, 0.3) is 55.8 Å². The highest BCUT2D eigenvalue weighted by Crippen LogP contribution is 2.34. The van der Waals surface area contributed by atoms with E-state index in [1.165, 1.54) is 161 Å². The van der Waals surface area contributed by atoms with Crippen molar-refractivity contribution < 1.29 is 24.0 Å². The Kier molecular flexibility index (Phi) is 25.9. The molecule has 5 saturated carbocycles. The fourth-order valence-corrected chi connectivity index (χ4v) is 16.0. The monoisotopic (exact) mass is 1400 g/mol. The molecule has 0 radical (unpaired) electrons. The molecular formula is C81H109N17O5. The molecule has 0 unspecified atom stereocenters. The SMILES string of the molecule is CC(=O)c1cnc2nc(C)n(CC3CCCCC3)c2c1.CC(=O)c1cnc2nc(C)n(CC3CCCCC3)c2c1.CC(=O)c1cnc2nc(C)n(CC3CCCCC3)c2c1.CCNc1nc2ncc(C(C)=O)cc2n1CC1CCCCC1.CNc1nc2ncc(C(C)=O)cc2n1CC1CCCCC1. The van der Waals surface area contributed by atoms with Gasteiger partial charge in [-0.15, -0.1) is 0 Å². The van der Waals surface area contributed by atoms with Gasteiger partial charge >= 0.3 is 0 Å². The Hall–Kier alpha value is -8.95. The predicted molar refractivity (Wildman–Crippen MR) is 408 cm³/mol. The molecule has 5 aliphatic rings. The summed E-state index contributed by atoms with van der Waals surface area (Å²) in [6.07, 6.45) is 41.2. The van der Waals surface area contributed by atoms with Crippen molar-refractivity contribution in [3.05, 3.63) is 107 Å². The van der Waals surface area contributed by atoms with Gasteiger partial charge in [-0.05, 0) is 186 Å². The van der Waals surface area contributed by atoms with E-state index in [-0.39, 0.29) is 28.9 Å². The number of aromatic nitrogens is 15. The predicted octanol–water partition coefficient (Wildman–Crippen LogP) is 17.5. The molecule has 0 spiro atoms. The Bertz CT molecular complexity index is 4310. The first-order valence-electron chi connectivity index (χ1n) is 38.5. The summed E-state index contributed by atoms with van der Waals surface area (Å²) >= 11 is 0. The van der Waals surface area contributed by atoms with Crippen LogP contribution in [0.4, 0.5) is 11.9 Å². The number of hydrogen-bond donors (Lipinski definition) is 2. The van der Waals surface area contributed by atoms with Crippen molar-refractivity contribution in [2.24, 2.45) is 29.6 Å². The van der Waals surface area contributed by atoms with Crippen molar-refractivity contribution >= 4 is 96.6 Å². The molecule has 10 heterocycles. The molecule has 2 N–H and O–H groups in total. The average molecular weight is 1400 g/mol. The van der Waals surface area contributed by atoms with Crippen LogP contribution in [0.5, 0.6) is 0 Å². The molecule has 0 amide bonds. The van der Waals surface area contributed by atoms with Gasteiger partial charge in [-0.25, -0.2) is 39.9 Å². The number of aryl methyl sites for hydroxylation is 3. The Morgan fingerprint density at radius 1 is 0.330 bits per heavy atom. The molecule has 15 rings (SSSR count). The molecular weight excluding hydrogens is 1290 g/mol. The number of hydrogen-bond acceptors (Lipinski definition) is 17. The van der Waals surface area contributed by atoms with Crippen molar-refractivity contribution in [3.63, 3.8) is 0 Å². The second-order valence-electron chi connectivity index (χ2n) is 29.8. The van der Waals surface area contributed by atoms with Gasteiger partial charge in [0.15, 0.2) is 57.2 Å². The number of ketones is 5. The molecule has 10 aromatic heterocycles. The van der Waals surface area contributed by atoms with Crippen LogP contribution in [0.2, 0.25) is 0 Å². The first kappa shape index (κ1) is 75.2. The number of imidazole rings is 5. The fourth-order valence-electron chi connectivity index (χ4n) is 16.0. The molecule has 0 aliphatic heterocycles. The summed E-state index contributed by atoms with van der Waals surface area (Å²) in [7, 11) is 1.88. The van der Waals surface area contributed by atoms with Crippen LogP contribution in [0, 0.1) is 50.4 Å². The van der Waals surface area contributed by atoms with Gasteiger partial charge in [0.1, 0.15) is 17.5 Å². The number of pyridine rings is 5. The van der Waals surface area contributed by atoms with Gasteiger partial charge in [0.25, 0.3) is 0 Å². The van der Waals surface area contributed by atoms with Crippen LogP contribution in [-0.4, -0.2) is 115 Å². The minimum atomic E-state index is 0.0424. The summed E-state index contributed by atoms with van der Waals surface area (Å²) in [6.45, 7) is 21.8. The molecule has 103 heavy (non-hydrogen) atoms. The lowest BCUT2D eigenvalue weighted by Crippen LogP contribution is -2.16. The van der Waals surface area contributed by atoms with Crippen molar-refractivity contribution in [2.45, 2.75) is 256 Å². The molecule has 10 aromatic rings. The summed E-state index contributed by atoms with van der Waals surface area (Å²) in [5, 5.41) is 6.48. The van der Waals surface area contributed by atoms with Gasteiger partial charge in [-0.2, -0.15) is 9.97 Å². The molecule has 0 atom stereocenters. The quantitative estimate of drug-likeness (QED) is 0.0756. The zero-order chi connectivity index (χ0) is 72.7. The van der Waals surface area contributed by atoms with E-state index in [2.05, 4.69) is 90.2 Å². The Morgan fingerprint density at radius 2 is 0.544 bits per heavy atom. The van der Waals surface area contributed by atoms with Gasteiger partial charge in [-0.3, -0.25) is 24.0 Å². The maximum atomic E-state index is 11.6. The molecule has 548 valence electrons. The summed E-state index contributed by atoms with van der Waals surface area (Å²) < 4.78 is 11.1. The van der Waals surface area contributed by atoms with E-state index in [4.69, 9.17) is 0 Å². The number of Topliss-reactive ketones (excluding diaryl/α,β-unsaturated/α-hetero) is 5. The van der Waals surface area contributed by atoms with E-state index in [1.807, 2.05) is 58.2 Å². The zero-order valence-corrected chi connectivity index (χ0v) is 62.8. The number of carbonyl (C=O) groups is 5. The van der Waals surface area contributed by atoms with E-state index >= 15 is 0 Å². The molecule has 22 nitrogen and oxygen atoms in total. The normalized spacial score (nSPS) is 16.5. The lowest BCUT2D eigenvalue weighted by atomic mass is 9.89. The largest absolute Gasteiger partial charge is 0.359 e. The highest BCUT2D eigenvalue weighted by Gasteiger charge is 2.25. The average Bonchev–Trinajstić information content (AvgIpc) is 1.64. The van der Waals surface area contributed by atoms with E-state index < -0.39 is 0 Å². The standard InChI is InChI=1S/C17H24N4O.C16H22N4O.3C16H21N3O/c1-3-18-17-20-16-15(9-14(10-19-16)12(2)22)21(17)11-13-7-5-4-6-8-13;1-11(21)13-8-14-15(18-9-13)19-16(17-2)20(14)10-12-6-4-3-5-7-12;3*1-11(20)14-8-15-16(17-9-14)18-12(2)19(15)10-13-6-4-3-5-7-13/h9-10,13H,3-8,11H2,1-2H3,(H,18,19,20);8-9,12H,3-7,10H2,1-2H3,(H,17,18,19);3*8-9,13H,3-7,10H2,1-2H3. The van der Waals surface area contributed by atoms with Crippen molar-refractivity contribution in [1.29, 1.82) is 0 Å². The van der Waals surface area contributed by atoms with Crippen LogP contribution < -0.4 is 10.6 Å². The summed E-state index contributed by atoms with van der Waals surface area (Å²) in [4.78, 5) is 102. The smallest absolute Gasteiger partial charge is 0.205 e. The number of rotatable bonds is 18. The van der Waals surface area contributed by atoms with Crippen LogP contribution in [0.1, 0.15) is 271 Å². The van der Waals surface area contributed by atoms with Crippen molar-refractivity contribution in [3.8, 4) is 0 Å². The number of nitrogens with one attached hydrogen (secondary N) is 2. The minimum absolute atomic E-state index is 0.0424. The van der Waals surface area contributed by atoms with Gasteiger partial charge in [0.2, 0.25) is 11.9 Å². The van der Waals surface area contributed by atoms with Gasteiger partial charge in [-0.1, -0.05) is 96.3 Å². The van der Waals surface area contributed by atoms with Gasteiger partial charge < -0.3 is 33.5 Å². The summed E-state index contributed by atoms with van der Waals surface area (Å²) in [5.41, 5.74) is 11.9. The molecule has 0 bridgehead atoms. The first-order valence-corrected chi connectivity index (χ1v) is 38.5. The fraction of sp³-hybridized carbons (Fsp3) is 0.568. The maximum Gasteiger partial charge on any atom is 0.205 e. The maximum absolute atomic E-state index is 11.6. The molecule has 0 aromatic carbocycles. The van der Waals surface area contributed by atoms with E-state index in [0.29, 0.717) is 45.3 Å². The number of anilines is 2. The first-order chi connectivity index (χ1) is 49.8. The number of carbonyl (C=O) groups excluding carboxylic acids is 5. The van der Waals surface area contributed by atoms with E-state index in [0.717, 1.165) is 137 Å². The Balaban J connectivity index is 0.000000129. The van der Waals surface area contributed by atoms with Crippen molar-refractivity contribution in [1.82, 2.24) is 72.7 Å². The number of nitrogens with zero attached hydrogens (tertiary/aromatic N) is 15. The molecule has 0 saturated heterocycles. The zero-order valence-electron chi connectivity index (χ0n) is 62.8. The van der Waals surface area contributed by atoms with Gasteiger partial charge in [0, 0.05) is 105 Å². The summed E-state index contributed by atoms with van der Waals surface area (Å²) in [6, 6.07) is 9.66. The topological polar surface area (TPSA) is 263 Å². The van der Waals surface area contributed by atoms with Crippen LogP contribution >= 0.6 is 0 Å². The third kappa shape index (κ3) is 19.1. The highest BCUT2D eigenvalue weighted by molar-refractivity contribution is 5.99. The molecule has 5 aliphatic carbocycles. The minimum Gasteiger partial charge on any atom is -0.359 e. The lowest BCUT2D eigenvalue weighted by Gasteiger charge is -2.23. The third-order valence-corrected chi connectivity index (χ3v) is 22.0. The van der Waals surface area contributed by atoms with Crippen molar-refractivity contribution in [2.75, 3.05) is 24.2 Å².